The Kier molecular flexibility index (Phi) is 10.3. The number of benzene rings is 2. The van der Waals surface area contributed by atoms with Gasteiger partial charge in [-0.2, -0.15) is 0 Å². The number of para-hydroxylation sites is 1. The van der Waals surface area contributed by atoms with Crippen molar-refractivity contribution >= 4 is 18.3 Å². The topological polar surface area (TPSA) is 24.9 Å². The summed E-state index contributed by atoms with van der Waals surface area (Å²) in [5.74, 6) is 0.653. The number of rotatable bonds is 4. The Morgan fingerprint density at radius 2 is 1.46 bits per heavy atom. The standard InChI is InChI=1S/C12H12N2S.C10H14.Os/c15-12(11-8-4-5-9-13-11)14-10-6-2-1-3-7-10;1-8(2)10-6-4-9(3)5-7-10;/h1-9,12,14-15H;4-8H,1-3H3;/q;;+7/p-1. The molecule has 1 aromatic heterocycles. The van der Waals surface area contributed by atoms with E-state index in [-0.39, 0.29) is 25.2 Å². The van der Waals surface area contributed by atoms with Crippen molar-refractivity contribution < 1.29 is 19.8 Å². The van der Waals surface area contributed by atoms with Crippen LogP contribution in [0.5, 0.6) is 0 Å². The van der Waals surface area contributed by atoms with Crippen molar-refractivity contribution in [1.29, 1.82) is 0 Å². The van der Waals surface area contributed by atoms with E-state index < -0.39 is 0 Å². The van der Waals surface area contributed by atoms with Crippen LogP contribution in [0, 0.1) is 6.92 Å². The molecule has 1 unspecified atom stereocenters. The molecule has 0 aliphatic carbocycles. The molecular weight excluding hydrogens is 515 g/mol. The van der Waals surface area contributed by atoms with E-state index in [1.165, 1.54) is 11.1 Å². The molecule has 1 heterocycles. The number of hydrogen-bond acceptors (Lipinski definition) is 3. The molecule has 1 atom stereocenters. The molecule has 0 aliphatic rings. The van der Waals surface area contributed by atoms with Gasteiger partial charge in [-0.05, 0) is 42.7 Å². The van der Waals surface area contributed by atoms with Gasteiger partial charge in [0.15, 0.2) is 0 Å². The van der Waals surface area contributed by atoms with Gasteiger partial charge < -0.3 is 17.9 Å². The summed E-state index contributed by atoms with van der Waals surface area (Å²) in [7, 11) is 0. The Balaban J connectivity index is 0.000000270. The second-order valence-corrected chi connectivity index (χ2v) is 6.68. The van der Waals surface area contributed by atoms with Gasteiger partial charge in [0, 0.05) is 17.6 Å². The number of nitrogens with zero attached hydrogens (tertiary/aromatic N) is 1. The van der Waals surface area contributed by atoms with Crippen LogP contribution < -0.4 is 5.32 Å². The van der Waals surface area contributed by atoms with E-state index in [4.69, 9.17) is 12.6 Å². The fourth-order valence-electron chi connectivity index (χ4n) is 2.24. The Hall–Kier alpha value is -1.62. The zero-order chi connectivity index (χ0) is 18.1. The van der Waals surface area contributed by atoms with Crippen molar-refractivity contribution in [2.45, 2.75) is 32.1 Å². The van der Waals surface area contributed by atoms with E-state index in [2.05, 4.69) is 55.3 Å². The van der Waals surface area contributed by atoms with Crippen LogP contribution in [0.1, 0.15) is 42.0 Å². The number of pyridine rings is 1. The summed E-state index contributed by atoms with van der Waals surface area (Å²) >= 11 is 5.31. The van der Waals surface area contributed by atoms with Gasteiger partial charge >= 0.3 is 19.8 Å². The summed E-state index contributed by atoms with van der Waals surface area (Å²) in [6.07, 6.45) is 1.75. The molecule has 0 spiro atoms. The third-order valence-corrected chi connectivity index (χ3v) is 4.13. The zero-order valence-electron chi connectivity index (χ0n) is 15.4. The largest absolute Gasteiger partial charge is 7.00 e. The number of anilines is 1. The van der Waals surface area contributed by atoms with Crippen molar-refractivity contribution in [3.63, 3.8) is 0 Å². The fourth-order valence-corrected chi connectivity index (χ4v) is 2.52. The monoisotopic (exact) mass is 541 g/mol. The van der Waals surface area contributed by atoms with Gasteiger partial charge in [-0.25, -0.2) is 0 Å². The predicted molar refractivity (Wildman–Crippen MR) is 110 cm³/mol. The second kappa shape index (κ2) is 11.9. The molecule has 3 rings (SSSR count). The Labute approximate surface area is 175 Å². The summed E-state index contributed by atoms with van der Waals surface area (Å²) in [6, 6.07) is 24.4. The first-order valence-electron chi connectivity index (χ1n) is 8.51. The smallest absolute Gasteiger partial charge is 0.762 e. The summed E-state index contributed by atoms with van der Waals surface area (Å²) in [5, 5.41) is 3.02. The molecule has 2 nitrogen and oxygen atoms in total. The first-order valence-corrected chi connectivity index (χ1v) is 8.98. The van der Waals surface area contributed by atoms with Crippen LogP contribution in [0.3, 0.4) is 0 Å². The molecule has 3 aromatic rings. The summed E-state index contributed by atoms with van der Waals surface area (Å²) in [4.78, 5) is 4.21. The quantitative estimate of drug-likeness (QED) is 0.421. The molecule has 1 radical (unpaired) electrons. The third-order valence-electron chi connectivity index (χ3n) is 3.77. The van der Waals surface area contributed by atoms with Crippen molar-refractivity contribution in [1.82, 2.24) is 4.98 Å². The Morgan fingerprint density at radius 1 is 0.846 bits per heavy atom. The number of aromatic nitrogens is 1. The Bertz CT molecular complexity index is 731. The molecule has 4 heteroatoms. The van der Waals surface area contributed by atoms with Crippen molar-refractivity contribution in [3.8, 4) is 0 Å². The molecule has 1 N–H and O–H groups in total. The summed E-state index contributed by atoms with van der Waals surface area (Å²) in [5.41, 5.74) is 4.65. The van der Waals surface area contributed by atoms with Gasteiger partial charge in [0.1, 0.15) is 0 Å². The molecular formula is C22H25N2OsS+6. The van der Waals surface area contributed by atoms with Crippen molar-refractivity contribution in [2.24, 2.45) is 0 Å². The fraction of sp³-hybridized carbons (Fsp3) is 0.227. The molecule has 26 heavy (non-hydrogen) atoms. The van der Waals surface area contributed by atoms with Gasteiger partial charge in [0.05, 0.1) is 0 Å². The first kappa shape index (κ1) is 22.4. The minimum absolute atomic E-state index is 0. The molecule has 0 amide bonds. The minimum Gasteiger partial charge on any atom is -0.762 e. The maximum atomic E-state index is 5.31. The molecule has 0 aliphatic heterocycles. The SMILES string of the molecule is Cc1ccc(C(C)C)cc1.[Os+7].[S-]C(Nc1ccccc1)c1ccccn1. The first-order chi connectivity index (χ1) is 12.1. The van der Waals surface area contributed by atoms with Gasteiger partial charge in [0.2, 0.25) is 0 Å². The maximum absolute atomic E-state index is 5.31. The van der Waals surface area contributed by atoms with E-state index >= 15 is 0 Å². The van der Waals surface area contributed by atoms with Crippen molar-refractivity contribution in [2.75, 3.05) is 5.32 Å². The normalized spacial score (nSPS) is 11.0. The second-order valence-electron chi connectivity index (χ2n) is 6.21. The minimum atomic E-state index is -0.186. The van der Waals surface area contributed by atoms with E-state index in [1.807, 2.05) is 48.5 Å². The molecule has 0 fully saturated rings. The van der Waals surface area contributed by atoms with E-state index in [9.17, 15) is 0 Å². The maximum Gasteiger partial charge on any atom is 7.00 e. The van der Waals surface area contributed by atoms with Crippen LogP contribution in [0.4, 0.5) is 5.69 Å². The zero-order valence-corrected chi connectivity index (χ0v) is 18.7. The number of hydrogen-bond donors (Lipinski definition) is 1. The third kappa shape index (κ3) is 7.73. The molecule has 2 aromatic carbocycles. The molecule has 0 saturated carbocycles. The van der Waals surface area contributed by atoms with Crippen LogP contribution in [0.25, 0.3) is 0 Å². The van der Waals surface area contributed by atoms with E-state index in [0.29, 0.717) is 5.92 Å². The van der Waals surface area contributed by atoms with Crippen LogP contribution in [0.15, 0.2) is 79.0 Å². The molecule has 131 valence electrons. The number of nitrogens with one attached hydrogen (secondary N) is 1. The van der Waals surface area contributed by atoms with Crippen LogP contribution in [-0.4, -0.2) is 4.98 Å². The summed E-state index contributed by atoms with van der Waals surface area (Å²) in [6.45, 7) is 6.54. The van der Waals surface area contributed by atoms with Crippen molar-refractivity contribution in [3.05, 3.63) is 95.8 Å². The van der Waals surface area contributed by atoms with Gasteiger partial charge in [0.25, 0.3) is 0 Å². The average molecular weight is 540 g/mol. The van der Waals surface area contributed by atoms with Crippen LogP contribution in [-0.2, 0) is 32.4 Å². The van der Waals surface area contributed by atoms with Gasteiger partial charge in [-0.15, -0.1) is 0 Å². The van der Waals surface area contributed by atoms with E-state index in [1.54, 1.807) is 6.20 Å². The van der Waals surface area contributed by atoms with Crippen LogP contribution >= 0.6 is 0 Å². The number of aryl methyl sites for hydroxylation is 1. The van der Waals surface area contributed by atoms with Gasteiger partial charge in [-0.1, -0.05) is 73.3 Å². The van der Waals surface area contributed by atoms with E-state index in [0.717, 1.165) is 11.4 Å². The van der Waals surface area contributed by atoms with Gasteiger partial charge in [-0.3, -0.25) is 4.98 Å². The molecule has 0 bridgehead atoms. The predicted octanol–water partition coefficient (Wildman–Crippen LogP) is 5.86. The Morgan fingerprint density at radius 3 is 2.00 bits per heavy atom. The van der Waals surface area contributed by atoms with Crippen LogP contribution in [0.2, 0.25) is 0 Å². The molecule has 0 saturated heterocycles. The average Bonchev–Trinajstić information content (AvgIpc) is 2.64. The summed E-state index contributed by atoms with van der Waals surface area (Å²) < 4.78 is 0.